The van der Waals surface area contributed by atoms with Crippen LogP contribution in [0.2, 0.25) is 0 Å². The molecule has 0 bridgehead atoms. The average molecular weight is 477 g/mol. The number of para-hydroxylation sites is 1. The molecule has 1 aliphatic carbocycles. The van der Waals surface area contributed by atoms with Crippen molar-refractivity contribution in [2.24, 2.45) is 0 Å². The van der Waals surface area contributed by atoms with E-state index in [2.05, 4.69) is 5.32 Å². The Bertz CT molecular complexity index is 1120. The fourth-order valence-corrected chi connectivity index (χ4v) is 4.73. The molecule has 0 unspecified atom stereocenters. The predicted octanol–water partition coefficient (Wildman–Crippen LogP) is 2.61. The summed E-state index contributed by atoms with van der Waals surface area (Å²) in [5.74, 6) is -0.459. The quantitative estimate of drug-likeness (QED) is 0.509. The van der Waals surface area contributed by atoms with Gasteiger partial charge in [0, 0.05) is 24.2 Å². The zero-order valence-corrected chi connectivity index (χ0v) is 20.1. The first-order valence-corrected chi connectivity index (χ1v) is 12.0. The van der Waals surface area contributed by atoms with Gasteiger partial charge in [-0.25, -0.2) is 0 Å². The molecule has 2 aromatic carbocycles. The molecular formula is C28H32N2O5. The summed E-state index contributed by atoms with van der Waals surface area (Å²) >= 11 is 0. The van der Waals surface area contributed by atoms with Crippen LogP contribution in [0.25, 0.3) is 0 Å². The number of ether oxygens (including phenoxy) is 1. The molecule has 7 nitrogen and oxygen atoms in total. The number of allylic oxidation sites excluding steroid dienone is 1. The first-order valence-electron chi connectivity index (χ1n) is 12.0. The van der Waals surface area contributed by atoms with Crippen LogP contribution in [0.4, 0.5) is 0 Å². The third-order valence-electron chi connectivity index (χ3n) is 6.49. The zero-order valence-electron chi connectivity index (χ0n) is 20.1. The van der Waals surface area contributed by atoms with Gasteiger partial charge in [0.25, 0.3) is 0 Å². The van der Waals surface area contributed by atoms with Gasteiger partial charge in [-0.3, -0.25) is 9.59 Å². The molecule has 184 valence electrons. The number of hydrogen-bond acceptors (Lipinski definition) is 5. The number of aryl methyl sites for hydroxylation is 1. The summed E-state index contributed by atoms with van der Waals surface area (Å²) in [5, 5.41) is 23.4. The van der Waals surface area contributed by atoms with E-state index in [-0.39, 0.29) is 31.5 Å². The third kappa shape index (κ3) is 5.16. The van der Waals surface area contributed by atoms with Crippen LogP contribution >= 0.6 is 0 Å². The number of nitrogens with zero attached hydrogens (tertiary/aromatic N) is 1. The van der Waals surface area contributed by atoms with Crippen molar-refractivity contribution in [3.63, 3.8) is 0 Å². The van der Waals surface area contributed by atoms with E-state index in [1.165, 1.54) is 6.08 Å². The minimum Gasteiger partial charge on any atom is -0.486 e. The summed E-state index contributed by atoms with van der Waals surface area (Å²) in [6.07, 6.45) is 3.91. The molecule has 0 aromatic heterocycles. The number of carbonyl (C=O) groups is 2. The molecular weight excluding hydrogens is 444 g/mol. The van der Waals surface area contributed by atoms with Crippen molar-refractivity contribution in [3.8, 4) is 5.75 Å². The first kappa shape index (κ1) is 24.7. The number of aliphatic hydroxyl groups excluding tert-OH is 2. The molecule has 1 aliphatic heterocycles. The SMILES string of the molecule is CCC=CC(=O)N(Cc1ccc(C)cc1)[C@@H]1C=C(C(=O)NCCO)[C@@H]2c3ccccc3O[C@@H]2[C@H]1O. The van der Waals surface area contributed by atoms with Gasteiger partial charge >= 0.3 is 0 Å². The summed E-state index contributed by atoms with van der Waals surface area (Å²) < 4.78 is 6.14. The van der Waals surface area contributed by atoms with Gasteiger partial charge in [-0.15, -0.1) is 0 Å². The molecule has 0 spiro atoms. The molecule has 7 heteroatoms. The van der Waals surface area contributed by atoms with Crippen molar-refractivity contribution >= 4 is 11.8 Å². The fourth-order valence-electron chi connectivity index (χ4n) is 4.73. The topological polar surface area (TPSA) is 99.1 Å². The summed E-state index contributed by atoms with van der Waals surface area (Å²) in [4.78, 5) is 28.1. The van der Waals surface area contributed by atoms with Crippen molar-refractivity contribution < 1.29 is 24.5 Å². The molecule has 3 N–H and O–H groups in total. The minimum atomic E-state index is -1.05. The Morgan fingerprint density at radius 1 is 1.14 bits per heavy atom. The van der Waals surface area contributed by atoms with Crippen LogP contribution < -0.4 is 10.1 Å². The number of rotatable bonds is 8. The lowest BCUT2D eigenvalue weighted by Gasteiger charge is -2.40. The van der Waals surface area contributed by atoms with Crippen LogP contribution in [0.3, 0.4) is 0 Å². The van der Waals surface area contributed by atoms with Crippen LogP contribution in [0.5, 0.6) is 5.75 Å². The van der Waals surface area contributed by atoms with Crippen LogP contribution in [-0.4, -0.2) is 58.3 Å². The standard InChI is InChI=1S/C28H32N2O5/c1-3-4-9-24(32)30(17-19-12-10-18(2)11-13-19)22-16-21(28(34)29-14-15-31)25-20-7-5-6-8-23(20)35-27(25)26(22)33/h4-13,16,22,25-27,31,33H,3,14-15,17H2,1-2H3,(H,29,34)/t22-,25+,26+,27+/m1/s1. The molecule has 2 aliphatic rings. The van der Waals surface area contributed by atoms with Gasteiger partial charge in [-0.05, 0) is 37.1 Å². The van der Waals surface area contributed by atoms with Crippen molar-refractivity contribution in [3.05, 3.63) is 89.0 Å². The summed E-state index contributed by atoms with van der Waals surface area (Å²) in [5.41, 5.74) is 3.27. The van der Waals surface area contributed by atoms with Crippen LogP contribution in [0.15, 0.2) is 72.3 Å². The van der Waals surface area contributed by atoms with Crippen molar-refractivity contribution in [2.75, 3.05) is 13.2 Å². The van der Waals surface area contributed by atoms with Crippen LogP contribution in [-0.2, 0) is 16.1 Å². The van der Waals surface area contributed by atoms with Crippen molar-refractivity contribution in [2.45, 2.75) is 51.0 Å². The number of carbonyl (C=O) groups excluding carboxylic acids is 2. The van der Waals surface area contributed by atoms with Gasteiger partial charge < -0.3 is 25.2 Å². The molecule has 0 fully saturated rings. The second-order valence-corrected chi connectivity index (χ2v) is 8.94. The van der Waals surface area contributed by atoms with Gasteiger partial charge in [-0.2, -0.15) is 0 Å². The number of hydrogen-bond donors (Lipinski definition) is 3. The smallest absolute Gasteiger partial charge is 0.247 e. The molecule has 35 heavy (non-hydrogen) atoms. The summed E-state index contributed by atoms with van der Waals surface area (Å²) in [6, 6.07) is 14.5. The number of fused-ring (bicyclic) bond motifs is 3. The van der Waals surface area contributed by atoms with Gasteiger partial charge in [0.05, 0.1) is 18.6 Å². The summed E-state index contributed by atoms with van der Waals surface area (Å²) in [6.45, 7) is 4.12. The molecule has 4 atom stereocenters. The summed E-state index contributed by atoms with van der Waals surface area (Å²) in [7, 11) is 0. The Labute approximate surface area is 205 Å². The lowest BCUT2D eigenvalue weighted by molar-refractivity contribution is -0.132. The van der Waals surface area contributed by atoms with E-state index >= 15 is 0 Å². The third-order valence-corrected chi connectivity index (χ3v) is 6.49. The van der Waals surface area contributed by atoms with E-state index in [1.54, 1.807) is 17.1 Å². The Balaban J connectivity index is 1.76. The second kappa shape index (κ2) is 10.9. The molecule has 2 amide bonds. The molecule has 0 saturated carbocycles. The fraction of sp³-hybridized carbons (Fsp3) is 0.357. The second-order valence-electron chi connectivity index (χ2n) is 8.94. The number of benzene rings is 2. The van der Waals surface area contributed by atoms with E-state index in [0.29, 0.717) is 17.7 Å². The van der Waals surface area contributed by atoms with Crippen LogP contribution in [0, 0.1) is 6.92 Å². The van der Waals surface area contributed by atoms with Crippen LogP contribution in [0.1, 0.15) is 36.0 Å². The maximum Gasteiger partial charge on any atom is 0.247 e. The Morgan fingerprint density at radius 3 is 2.60 bits per heavy atom. The highest BCUT2D eigenvalue weighted by molar-refractivity contribution is 5.96. The van der Waals surface area contributed by atoms with Gasteiger partial charge in [-0.1, -0.05) is 61.0 Å². The Morgan fingerprint density at radius 2 is 1.89 bits per heavy atom. The Hall–Kier alpha value is -3.42. The molecule has 1 heterocycles. The molecule has 0 radical (unpaired) electrons. The zero-order chi connectivity index (χ0) is 24.9. The largest absolute Gasteiger partial charge is 0.486 e. The van der Waals surface area contributed by atoms with Gasteiger partial charge in [0.2, 0.25) is 11.8 Å². The Kier molecular flexibility index (Phi) is 7.68. The highest BCUT2D eigenvalue weighted by Gasteiger charge is 2.50. The highest BCUT2D eigenvalue weighted by Crippen LogP contribution is 2.47. The number of amides is 2. The molecule has 0 saturated heterocycles. The maximum atomic E-state index is 13.3. The average Bonchev–Trinajstić information content (AvgIpc) is 3.26. The lowest BCUT2D eigenvalue weighted by atomic mass is 9.77. The van der Waals surface area contributed by atoms with Crippen molar-refractivity contribution in [1.82, 2.24) is 10.2 Å². The van der Waals surface area contributed by atoms with E-state index in [1.807, 2.05) is 62.4 Å². The first-order chi connectivity index (χ1) is 16.9. The predicted molar refractivity (Wildman–Crippen MR) is 133 cm³/mol. The molecule has 2 aromatic rings. The van der Waals surface area contributed by atoms with E-state index in [9.17, 15) is 19.8 Å². The normalized spacial score (nSPS) is 22.7. The lowest BCUT2D eigenvalue weighted by Crippen LogP contribution is -2.55. The number of nitrogens with one attached hydrogen (secondary N) is 1. The van der Waals surface area contributed by atoms with Gasteiger partial charge in [0.1, 0.15) is 18.0 Å². The van der Waals surface area contributed by atoms with E-state index in [0.717, 1.165) is 16.7 Å². The highest BCUT2D eigenvalue weighted by atomic mass is 16.5. The molecule has 4 rings (SSSR count). The van der Waals surface area contributed by atoms with Gasteiger partial charge in [0.15, 0.2) is 0 Å². The number of aliphatic hydroxyl groups is 2. The van der Waals surface area contributed by atoms with E-state index < -0.39 is 24.2 Å². The van der Waals surface area contributed by atoms with Crippen molar-refractivity contribution in [1.29, 1.82) is 0 Å². The van der Waals surface area contributed by atoms with E-state index in [4.69, 9.17) is 4.74 Å². The monoisotopic (exact) mass is 476 g/mol. The maximum absolute atomic E-state index is 13.3. The minimum absolute atomic E-state index is 0.106.